The fourth-order valence-corrected chi connectivity index (χ4v) is 7.00. The maximum atomic E-state index is 12.1. The lowest BCUT2D eigenvalue weighted by Gasteiger charge is -2.29. The summed E-state index contributed by atoms with van der Waals surface area (Å²) in [4.78, 5) is 69.9. The van der Waals surface area contributed by atoms with Gasteiger partial charge in [-0.3, -0.25) is 19.7 Å². The minimum absolute atomic E-state index is 0.0205. The van der Waals surface area contributed by atoms with Crippen molar-refractivity contribution in [3.05, 3.63) is 65.2 Å². The molecule has 0 spiro atoms. The predicted molar refractivity (Wildman–Crippen MR) is 300 cm³/mol. The van der Waals surface area contributed by atoms with Crippen molar-refractivity contribution >= 4 is 41.9 Å². The van der Waals surface area contributed by atoms with Gasteiger partial charge in [-0.25, -0.2) is 14.4 Å². The third-order valence-corrected chi connectivity index (χ3v) is 11.7. The van der Waals surface area contributed by atoms with Gasteiger partial charge in [-0.15, -0.1) is 0 Å². The molecule has 0 aliphatic carbocycles. The molecule has 0 aromatic heterocycles. The molecule has 77 heavy (non-hydrogen) atoms. The van der Waals surface area contributed by atoms with Gasteiger partial charge in [0.1, 0.15) is 32.0 Å². The smallest absolute Gasteiger partial charge is 0.411 e. The third kappa shape index (κ3) is 42.3. The van der Waals surface area contributed by atoms with Gasteiger partial charge in [0.2, 0.25) is 0 Å². The van der Waals surface area contributed by atoms with E-state index in [2.05, 4.69) is 36.7 Å². The summed E-state index contributed by atoms with van der Waals surface area (Å²) in [5, 5.41) is 8.45. The normalized spacial score (nSPS) is 12.8. The molecule has 2 rings (SSSR count). The molecule has 0 saturated carbocycles. The van der Waals surface area contributed by atoms with E-state index in [0.29, 0.717) is 51.5 Å². The van der Waals surface area contributed by atoms with Crippen LogP contribution in [-0.4, -0.2) is 128 Å². The molecule has 18 nitrogen and oxygen atoms in total. The number of nitrogens with one attached hydrogen (secondary N) is 3. The van der Waals surface area contributed by atoms with Crippen molar-refractivity contribution in [1.29, 1.82) is 0 Å². The highest BCUT2D eigenvalue weighted by atomic mass is 16.6. The number of ether oxygens (including phenoxy) is 9. The van der Waals surface area contributed by atoms with Crippen molar-refractivity contribution < 1.29 is 71.4 Å². The zero-order valence-corrected chi connectivity index (χ0v) is 49.2. The van der Waals surface area contributed by atoms with Crippen LogP contribution in [0.25, 0.3) is 0 Å². The van der Waals surface area contributed by atoms with Gasteiger partial charge in [0.05, 0.1) is 32.3 Å². The number of hydrogen-bond donors (Lipinski definition) is 3. The van der Waals surface area contributed by atoms with Crippen LogP contribution in [0.1, 0.15) is 169 Å². The van der Waals surface area contributed by atoms with Gasteiger partial charge >= 0.3 is 36.2 Å². The van der Waals surface area contributed by atoms with Crippen molar-refractivity contribution in [2.45, 2.75) is 190 Å². The van der Waals surface area contributed by atoms with E-state index in [1.54, 1.807) is 21.3 Å². The average molecular weight is 1090 g/mol. The first kappa shape index (κ1) is 71.5. The van der Waals surface area contributed by atoms with Gasteiger partial charge in [-0.2, -0.15) is 0 Å². The Morgan fingerprint density at radius 3 is 1.45 bits per heavy atom. The number of benzene rings is 2. The molecule has 0 radical (unpaired) electrons. The zero-order chi connectivity index (χ0) is 57.9. The molecule has 3 N–H and O–H groups in total. The first-order chi connectivity index (χ1) is 36.7. The van der Waals surface area contributed by atoms with E-state index in [1.165, 1.54) is 0 Å². The average Bonchev–Trinajstić information content (AvgIpc) is 3.37. The van der Waals surface area contributed by atoms with Gasteiger partial charge < -0.3 is 53.3 Å². The standard InChI is InChI=1S/C23H29NO5.C19H38N2O5.C17H32O5/c1-4-17(2)29-23(26)24-21-11-9-19(10-12-21)15-18-5-7-20(8-6-18)16-22(25)28-14-13-27-3;1-8-15(3)26-18(23)21-16(12-19(4,5)6)11-14(2)13-20-17(22)25-10-9-24-7;1-4-15(2)22-17(19)12-10-8-6-5-7-9-11-16(18)21-14-13-20-3/h5-12,17H,4,13-16H2,1-3H3,(H,24,26);14-16H,8-13H2,1-7H3,(H,20,22)(H,21,23);15H,4-14H2,1-3H3. The van der Waals surface area contributed by atoms with Crippen LogP contribution in [0.4, 0.5) is 20.1 Å². The lowest BCUT2D eigenvalue weighted by Crippen LogP contribution is -2.41. The number of amides is 3. The quantitative estimate of drug-likeness (QED) is 0.0332. The van der Waals surface area contributed by atoms with Crippen molar-refractivity contribution in [3.63, 3.8) is 0 Å². The minimum Gasteiger partial charge on any atom is -0.463 e. The Labute approximate surface area is 461 Å². The molecule has 0 aliphatic rings. The Kier molecular flexibility index (Phi) is 41.4. The van der Waals surface area contributed by atoms with E-state index in [1.807, 2.05) is 97.0 Å². The molecule has 5 unspecified atom stereocenters. The number of anilines is 1. The highest BCUT2D eigenvalue weighted by Gasteiger charge is 2.24. The summed E-state index contributed by atoms with van der Waals surface area (Å²) < 4.78 is 45.3. The van der Waals surface area contributed by atoms with Gasteiger partial charge in [0.25, 0.3) is 0 Å². The van der Waals surface area contributed by atoms with E-state index in [4.69, 9.17) is 42.6 Å². The van der Waals surface area contributed by atoms with E-state index in [0.717, 1.165) is 93.7 Å². The second-order valence-corrected chi connectivity index (χ2v) is 20.5. The number of unbranched alkanes of at least 4 members (excludes halogenated alkanes) is 5. The van der Waals surface area contributed by atoms with Crippen LogP contribution >= 0.6 is 0 Å². The molecular formula is C59H99N3O15. The van der Waals surface area contributed by atoms with E-state index < -0.39 is 12.2 Å². The maximum Gasteiger partial charge on any atom is 0.411 e. The second-order valence-electron chi connectivity index (χ2n) is 20.5. The number of carbonyl (C=O) groups excluding carboxylic acids is 6. The Balaban J connectivity index is 0.00000114. The largest absolute Gasteiger partial charge is 0.463 e. The molecule has 440 valence electrons. The summed E-state index contributed by atoms with van der Waals surface area (Å²) >= 11 is 0. The maximum absolute atomic E-state index is 12.1. The number of alkyl carbamates (subject to hydrolysis) is 2. The van der Waals surface area contributed by atoms with E-state index in [-0.39, 0.29) is 79.3 Å². The summed E-state index contributed by atoms with van der Waals surface area (Å²) in [6, 6.07) is 15.5. The van der Waals surface area contributed by atoms with Crippen LogP contribution in [0.2, 0.25) is 0 Å². The summed E-state index contributed by atoms with van der Waals surface area (Å²) in [6.07, 6.45) is 10.5. The molecule has 2 aromatic rings. The number of methoxy groups -OCH3 is 3. The number of hydrogen-bond acceptors (Lipinski definition) is 15. The third-order valence-electron chi connectivity index (χ3n) is 11.7. The molecule has 18 heteroatoms. The molecule has 2 aromatic carbocycles. The summed E-state index contributed by atoms with van der Waals surface area (Å²) in [7, 11) is 4.70. The SMILES string of the molecule is CCC(C)OC(=O)CCCCCCCCC(=O)OCCOC.CCC(C)OC(=O)NC(CC(C)CNC(=O)OCCOC)CC(C)(C)C.CCC(C)OC(=O)Nc1ccc(Cc2ccc(CC(=O)OCCOC)cc2)cc1. The van der Waals surface area contributed by atoms with Crippen molar-refractivity contribution in [2.75, 3.05) is 72.8 Å². The van der Waals surface area contributed by atoms with Gasteiger partial charge in [-0.1, -0.05) is 111 Å². The van der Waals surface area contributed by atoms with Gasteiger partial charge in [-0.05, 0) is 112 Å². The van der Waals surface area contributed by atoms with Crippen molar-refractivity contribution in [1.82, 2.24) is 10.6 Å². The molecular weight excluding hydrogens is 991 g/mol. The first-order valence-corrected chi connectivity index (χ1v) is 27.7. The number of rotatable bonds is 35. The molecule has 0 heterocycles. The van der Waals surface area contributed by atoms with Crippen LogP contribution in [0.15, 0.2) is 48.5 Å². The van der Waals surface area contributed by atoms with E-state index in [9.17, 15) is 28.8 Å². The summed E-state index contributed by atoms with van der Waals surface area (Å²) in [5.74, 6) is -0.316. The monoisotopic (exact) mass is 1090 g/mol. The minimum atomic E-state index is -0.453. The van der Waals surface area contributed by atoms with Gasteiger partial charge in [0.15, 0.2) is 0 Å². The molecule has 3 amide bonds. The molecule has 5 atom stereocenters. The topological polar surface area (TPSA) is 222 Å². The first-order valence-electron chi connectivity index (χ1n) is 27.7. The molecule has 0 bridgehead atoms. The predicted octanol–water partition coefficient (Wildman–Crippen LogP) is 11.7. The van der Waals surface area contributed by atoms with Crippen molar-refractivity contribution in [2.24, 2.45) is 11.3 Å². The van der Waals surface area contributed by atoms with Crippen LogP contribution in [0.3, 0.4) is 0 Å². The Morgan fingerprint density at radius 1 is 0.506 bits per heavy atom. The van der Waals surface area contributed by atoms with Crippen LogP contribution < -0.4 is 16.0 Å². The van der Waals surface area contributed by atoms with Crippen LogP contribution in [-0.2, 0) is 69.9 Å². The molecule has 0 fully saturated rings. The van der Waals surface area contributed by atoms with Crippen molar-refractivity contribution in [3.8, 4) is 0 Å². The second kappa shape index (κ2) is 44.5. The summed E-state index contributed by atoms with van der Waals surface area (Å²) in [6.45, 7) is 22.6. The fraction of sp³-hybridized carbons (Fsp3) is 0.695. The molecule has 0 aliphatic heterocycles. The van der Waals surface area contributed by atoms with Gasteiger partial charge in [0, 0.05) is 52.4 Å². The fourth-order valence-electron chi connectivity index (χ4n) is 7.00. The Bertz CT molecular complexity index is 1870. The van der Waals surface area contributed by atoms with Crippen LogP contribution in [0.5, 0.6) is 0 Å². The number of carbonyl (C=O) groups is 6. The highest BCUT2D eigenvalue weighted by molar-refractivity contribution is 5.84. The molecule has 0 saturated heterocycles. The Hall–Kier alpha value is -5.46. The number of esters is 3. The lowest BCUT2D eigenvalue weighted by molar-refractivity contribution is -0.148. The van der Waals surface area contributed by atoms with E-state index >= 15 is 0 Å². The summed E-state index contributed by atoms with van der Waals surface area (Å²) in [5.41, 5.74) is 3.94. The Morgan fingerprint density at radius 2 is 0.948 bits per heavy atom. The lowest BCUT2D eigenvalue weighted by atomic mass is 9.85. The van der Waals surface area contributed by atoms with Crippen LogP contribution in [0, 0.1) is 11.3 Å². The zero-order valence-electron chi connectivity index (χ0n) is 49.2. The highest BCUT2D eigenvalue weighted by Crippen LogP contribution is 2.24.